The molecular weight excluding hydrogens is 148 g/mol. The van der Waals surface area contributed by atoms with Gasteiger partial charge in [0.15, 0.2) is 0 Å². The lowest BCUT2D eigenvalue weighted by Gasteiger charge is -2.25. The van der Waals surface area contributed by atoms with E-state index in [1.807, 2.05) is 13.1 Å². The predicted octanol–water partition coefficient (Wildman–Crippen LogP) is 1.62. The van der Waals surface area contributed by atoms with E-state index in [2.05, 4.69) is 37.5 Å². The van der Waals surface area contributed by atoms with Gasteiger partial charge in [-0.1, -0.05) is 12.7 Å². The molecule has 70 valence electrons. The fourth-order valence-electron chi connectivity index (χ4n) is 1.19. The number of nitrogens with zero attached hydrogens (tertiary/aromatic N) is 1. The Kier molecular flexibility index (Phi) is 5.47. The molecule has 2 heteroatoms. The fourth-order valence-corrected chi connectivity index (χ4v) is 1.19. The van der Waals surface area contributed by atoms with Crippen molar-refractivity contribution < 1.29 is 0 Å². The van der Waals surface area contributed by atoms with Crippen molar-refractivity contribution in [1.29, 1.82) is 0 Å². The molecule has 0 spiro atoms. The van der Waals surface area contributed by atoms with Crippen LogP contribution in [-0.4, -0.2) is 32.1 Å². The van der Waals surface area contributed by atoms with Gasteiger partial charge >= 0.3 is 0 Å². The first kappa shape index (κ1) is 11.2. The van der Waals surface area contributed by atoms with Crippen LogP contribution in [0.5, 0.6) is 0 Å². The SMILES string of the molecule is C=CCCC(C(=C)NC)N(C)C. The van der Waals surface area contributed by atoms with Gasteiger partial charge in [-0.2, -0.15) is 0 Å². The Bertz CT molecular complexity index is 150. The Labute approximate surface area is 76.0 Å². The van der Waals surface area contributed by atoms with Gasteiger partial charge in [-0.3, -0.25) is 0 Å². The molecule has 0 aromatic rings. The van der Waals surface area contributed by atoms with E-state index in [1.54, 1.807) is 0 Å². The van der Waals surface area contributed by atoms with E-state index < -0.39 is 0 Å². The van der Waals surface area contributed by atoms with Crippen molar-refractivity contribution in [3.63, 3.8) is 0 Å². The number of hydrogen-bond acceptors (Lipinski definition) is 2. The maximum Gasteiger partial charge on any atom is 0.0486 e. The average Bonchev–Trinajstić information content (AvgIpc) is 2.04. The minimum Gasteiger partial charge on any atom is -0.391 e. The zero-order valence-corrected chi connectivity index (χ0v) is 8.43. The molecule has 0 aromatic carbocycles. The smallest absolute Gasteiger partial charge is 0.0486 e. The molecule has 0 radical (unpaired) electrons. The molecule has 1 atom stereocenters. The van der Waals surface area contributed by atoms with Crippen LogP contribution in [-0.2, 0) is 0 Å². The summed E-state index contributed by atoms with van der Waals surface area (Å²) in [6.45, 7) is 7.67. The monoisotopic (exact) mass is 168 g/mol. The van der Waals surface area contributed by atoms with Crippen molar-refractivity contribution in [3.8, 4) is 0 Å². The second-order valence-electron chi connectivity index (χ2n) is 3.12. The first-order valence-corrected chi connectivity index (χ1v) is 4.27. The van der Waals surface area contributed by atoms with E-state index in [4.69, 9.17) is 0 Å². The van der Waals surface area contributed by atoms with Gasteiger partial charge in [0, 0.05) is 18.8 Å². The molecule has 0 rings (SSSR count). The molecule has 0 bridgehead atoms. The molecule has 0 heterocycles. The maximum atomic E-state index is 3.96. The van der Waals surface area contributed by atoms with Gasteiger partial charge in [0.1, 0.15) is 0 Å². The Balaban J connectivity index is 4.03. The van der Waals surface area contributed by atoms with Crippen LogP contribution >= 0.6 is 0 Å². The summed E-state index contributed by atoms with van der Waals surface area (Å²) in [6.07, 6.45) is 4.05. The molecule has 0 aromatic heterocycles. The lowest BCUT2D eigenvalue weighted by molar-refractivity contribution is 0.308. The van der Waals surface area contributed by atoms with E-state index in [1.165, 1.54) is 0 Å². The highest BCUT2D eigenvalue weighted by atomic mass is 15.1. The number of nitrogens with one attached hydrogen (secondary N) is 1. The second-order valence-corrected chi connectivity index (χ2v) is 3.12. The summed E-state index contributed by atoms with van der Waals surface area (Å²) < 4.78 is 0. The van der Waals surface area contributed by atoms with Gasteiger partial charge in [0.25, 0.3) is 0 Å². The van der Waals surface area contributed by atoms with Crippen molar-refractivity contribution in [3.05, 3.63) is 24.9 Å². The Hall–Kier alpha value is -0.760. The zero-order valence-electron chi connectivity index (χ0n) is 8.43. The highest BCUT2D eigenvalue weighted by molar-refractivity contribution is 5.02. The summed E-state index contributed by atoms with van der Waals surface area (Å²) in [5.41, 5.74) is 1.07. The van der Waals surface area contributed by atoms with Crippen LogP contribution in [0.3, 0.4) is 0 Å². The number of allylic oxidation sites excluding steroid dienone is 1. The molecule has 0 amide bonds. The summed E-state index contributed by atoms with van der Waals surface area (Å²) >= 11 is 0. The Morgan fingerprint density at radius 1 is 1.58 bits per heavy atom. The number of rotatable bonds is 6. The molecule has 0 aliphatic rings. The summed E-state index contributed by atoms with van der Waals surface area (Å²) in [5.74, 6) is 0. The van der Waals surface area contributed by atoms with Crippen LogP contribution < -0.4 is 5.32 Å². The van der Waals surface area contributed by atoms with Gasteiger partial charge in [-0.15, -0.1) is 6.58 Å². The standard InChI is InChI=1S/C10H20N2/c1-6-7-8-10(12(4)5)9(2)11-3/h6,10-11H,1-2,7-8H2,3-5H3. The summed E-state index contributed by atoms with van der Waals surface area (Å²) in [5, 5.41) is 3.08. The Morgan fingerprint density at radius 2 is 2.17 bits per heavy atom. The van der Waals surface area contributed by atoms with E-state index in [0.717, 1.165) is 18.5 Å². The van der Waals surface area contributed by atoms with Crippen LogP contribution in [0.15, 0.2) is 24.9 Å². The van der Waals surface area contributed by atoms with Gasteiger partial charge in [0.05, 0.1) is 0 Å². The highest BCUT2D eigenvalue weighted by Crippen LogP contribution is 2.09. The third kappa shape index (κ3) is 3.58. The van der Waals surface area contributed by atoms with Crippen molar-refractivity contribution in [2.75, 3.05) is 21.1 Å². The molecule has 1 N–H and O–H groups in total. The molecule has 0 fully saturated rings. The first-order chi connectivity index (χ1) is 5.63. The summed E-state index contributed by atoms with van der Waals surface area (Å²) in [4.78, 5) is 2.17. The molecule has 0 saturated carbocycles. The van der Waals surface area contributed by atoms with Crippen molar-refractivity contribution in [2.45, 2.75) is 18.9 Å². The Morgan fingerprint density at radius 3 is 2.50 bits per heavy atom. The van der Waals surface area contributed by atoms with Crippen LogP contribution in [0.4, 0.5) is 0 Å². The predicted molar refractivity (Wildman–Crippen MR) is 55.1 cm³/mol. The van der Waals surface area contributed by atoms with Crippen molar-refractivity contribution >= 4 is 0 Å². The van der Waals surface area contributed by atoms with E-state index in [0.29, 0.717) is 6.04 Å². The number of likely N-dealkylation sites (N-methyl/N-ethyl adjacent to an activating group) is 2. The topological polar surface area (TPSA) is 15.3 Å². The van der Waals surface area contributed by atoms with Gasteiger partial charge < -0.3 is 10.2 Å². The van der Waals surface area contributed by atoms with Gasteiger partial charge in [0.2, 0.25) is 0 Å². The summed E-state index contributed by atoms with van der Waals surface area (Å²) in [7, 11) is 6.04. The molecule has 0 aliphatic carbocycles. The first-order valence-electron chi connectivity index (χ1n) is 4.27. The van der Waals surface area contributed by atoms with Crippen LogP contribution in [0, 0.1) is 0 Å². The van der Waals surface area contributed by atoms with Gasteiger partial charge in [-0.05, 0) is 26.9 Å². The van der Waals surface area contributed by atoms with Gasteiger partial charge in [-0.25, -0.2) is 0 Å². The minimum atomic E-state index is 0.410. The summed E-state index contributed by atoms with van der Waals surface area (Å²) in [6, 6.07) is 0.410. The van der Waals surface area contributed by atoms with Crippen molar-refractivity contribution in [2.24, 2.45) is 0 Å². The number of hydrogen-bond donors (Lipinski definition) is 1. The third-order valence-electron chi connectivity index (χ3n) is 1.99. The molecule has 0 aliphatic heterocycles. The lowest BCUT2D eigenvalue weighted by Crippen LogP contribution is -2.33. The largest absolute Gasteiger partial charge is 0.391 e. The molecule has 0 saturated heterocycles. The molecule has 2 nitrogen and oxygen atoms in total. The minimum absolute atomic E-state index is 0.410. The average molecular weight is 168 g/mol. The maximum absolute atomic E-state index is 3.96. The molecule has 1 unspecified atom stereocenters. The van der Waals surface area contributed by atoms with E-state index in [9.17, 15) is 0 Å². The van der Waals surface area contributed by atoms with Crippen LogP contribution in [0.25, 0.3) is 0 Å². The van der Waals surface area contributed by atoms with Crippen molar-refractivity contribution in [1.82, 2.24) is 10.2 Å². The highest BCUT2D eigenvalue weighted by Gasteiger charge is 2.12. The second kappa shape index (κ2) is 5.84. The quantitative estimate of drug-likeness (QED) is 0.606. The van der Waals surface area contributed by atoms with Crippen LogP contribution in [0.1, 0.15) is 12.8 Å². The lowest BCUT2D eigenvalue weighted by atomic mass is 10.1. The molecule has 12 heavy (non-hydrogen) atoms. The fraction of sp³-hybridized carbons (Fsp3) is 0.600. The van der Waals surface area contributed by atoms with Crippen LogP contribution in [0.2, 0.25) is 0 Å². The van der Waals surface area contributed by atoms with E-state index >= 15 is 0 Å². The normalized spacial score (nSPS) is 12.7. The third-order valence-corrected chi connectivity index (χ3v) is 1.99. The molecular formula is C10H20N2. The van der Waals surface area contributed by atoms with E-state index in [-0.39, 0.29) is 0 Å². The zero-order chi connectivity index (χ0) is 9.56.